The Morgan fingerprint density at radius 1 is 1.29 bits per heavy atom. The van der Waals surface area contributed by atoms with E-state index in [1.807, 2.05) is 0 Å². The lowest BCUT2D eigenvalue weighted by Crippen LogP contribution is -2.41. The minimum atomic E-state index is 0.796. The zero-order chi connectivity index (χ0) is 12.1. The van der Waals surface area contributed by atoms with E-state index in [0.29, 0.717) is 0 Å². The summed E-state index contributed by atoms with van der Waals surface area (Å²) in [5, 5.41) is 7.49. The van der Waals surface area contributed by atoms with Crippen LogP contribution in [0.15, 0.2) is 12.2 Å². The molecule has 3 heteroatoms. The molecule has 3 unspecified atom stereocenters. The van der Waals surface area contributed by atoms with Gasteiger partial charge < -0.3 is 10.6 Å². The average molecular weight is 252 g/mol. The number of unbranched alkanes of at least 4 members (excludes halogenated alkanes) is 1. The van der Waals surface area contributed by atoms with Gasteiger partial charge in [-0.3, -0.25) is 0 Å². The van der Waals surface area contributed by atoms with Crippen molar-refractivity contribution in [2.45, 2.75) is 39.0 Å². The van der Waals surface area contributed by atoms with E-state index >= 15 is 0 Å². The lowest BCUT2D eigenvalue weighted by Gasteiger charge is -2.38. The van der Waals surface area contributed by atoms with Crippen LogP contribution in [0.1, 0.15) is 39.0 Å². The van der Waals surface area contributed by atoms with Crippen molar-refractivity contribution < 1.29 is 0 Å². The molecule has 2 bridgehead atoms. The summed E-state index contributed by atoms with van der Waals surface area (Å²) >= 11 is 5.28. The number of fused-ring (bicyclic) bond motifs is 2. The van der Waals surface area contributed by atoms with Crippen molar-refractivity contribution in [3.63, 3.8) is 0 Å². The Kier molecular flexibility index (Phi) is 4.84. The molecule has 17 heavy (non-hydrogen) atoms. The first-order valence-electron chi connectivity index (χ1n) is 6.99. The topological polar surface area (TPSA) is 24.1 Å². The van der Waals surface area contributed by atoms with Gasteiger partial charge in [-0.05, 0) is 55.7 Å². The molecule has 0 radical (unpaired) electrons. The first-order chi connectivity index (χ1) is 8.29. The Bertz CT molecular complexity index is 288. The van der Waals surface area contributed by atoms with Crippen LogP contribution in [0.4, 0.5) is 0 Å². The maximum Gasteiger partial charge on any atom is 0.166 e. The smallest absolute Gasteiger partial charge is 0.166 e. The summed E-state index contributed by atoms with van der Waals surface area (Å²) in [5.41, 5.74) is 0. The fourth-order valence-electron chi connectivity index (χ4n) is 2.95. The number of rotatable bonds is 5. The second-order valence-corrected chi connectivity index (χ2v) is 5.78. The second-order valence-electron chi connectivity index (χ2n) is 5.37. The summed E-state index contributed by atoms with van der Waals surface area (Å²) in [6.07, 6.45) is 11.4. The van der Waals surface area contributed by atoms with Crippen molar-refractivity contribution in [3.8, 4) is 0 Å². The van der Waals surface area contributed by atoms with Crippen LogP contribution in [-0.2, 0) is 0 Å². The Hall–Kier alpha value is -0.570. The van der Waals surface area contributed by atoms with Crippen LogP contribution in [0.25, 0.3) is 0 Å². The molecule has 0 heterocycles. The standard InChI is InChI=1S/C14H24N2S/c1-2-3-8-15-14(17)16-10-13-9-11-4-6-12(13)7-5-11/h4,6,11-13H,2-3,5,7-10H2,1H3,(H2,15,16,17). The fourth-order valence-corrected chi connectivity index (χ4v) is 3.14. The van der Waals surface area contributed by atoms with E-state index < -0.39 is 0 Å². The molecular weight excluding hydrogens is 228 g/mol. The Morgan fingerprint density at radius 2 is 2.18 bits per heavy atom. The lowest BCUT2D eigenvalue weighted by molar-refractivity contribution is 0.221. The van der Waals surface area contributed by atoms with Crippen molar-refractivity contribution in [1.29, 1.82) is 0 Å². The maximum atomic E-state index is 5.28. The van der Waals surface area contributed by atoms with Crippen LogP contribution in [0, 0.1) is 17.8 Å². The SMILES string of the molecule is CCCCNC(=S)NCC1CC2C=CC1CC2. The number of hydrogen-bond acceptors (Lipinski definition) is 1. The quantitative estimate of drug-likeness (QED) is 0.447. The van der Waals surface area contributed by atoms with Gasteiger partial charge in [-0.15, -0.1) is 0 Å². The number of allylic oxidation sites excluding steroid dienone is 2. The zero-order valence-electron chi connectivity index (χ0n) is 10.7. The molecule has 96 valence electrons. The van der Waals surface area contributed by atoms with Crippen LogP contribution in [0.5, 0.6) is 0 Å². The summed E-state index contributed by atoms with van der Waals surface area (Å²) in [6.45, 7) is 4.24. The highest BCUT2D eigenvalue weighted by Gasteiger charge is 2.31. The van der Waals surface area contributed by atoms with Gasteiger partial charge >= 0.3 is 0 Å². The summed E-state index contributed by atoms with van der Waals surface area (Å²) < 4.78 is 0. The van der Waals surface area contributed by atoms with E-state index in [4.69, 9.17) is 12.2 Å². The molecule has 0 saturated heterocycles. The van der Waals surface area contributed by atoms with E-state index in [0.717, 1.165) is 36.0 Å². The van der Waals surface area contributed by atoms with Crippen molar-refractivity contribution in [2.24, 2.45) is 17.8 Å². The third-order valence-electron chi connectivity index (χ3n) is 4.05. The summed E-state index contributed by atoms with van der Waals surface area (Å²) in [5.74, 6) is 2.43. The van der Waals surface area contributed by atoms with Gasteiger partial charge in [0.1, 0.15) is 0 Å². The van der Waals surface area contributed by atoms with Crippen LogP contribution >= 0.6 is 12.2 Å². The highest BCUT2D eigenvalue weighted by Crippen LogP contribution is 2.39. The molecule has 0 aromatic heterocycles. The van der Waals surface area contributed by atoms with Crippen LogP contribution in [-0.4, -0.2) is 18.2 Å². The Balaban J connectivity index is 1.65. The molecule has 1 saturated carbocycles. The van der Waals surface area contributed by atoms with Crippen LogP contribution in [0.2, 0.25) is 0 Å². The van der Waals surface area contributed by atoms with Crippen LogP contribution in [0.3, 0.4) is 0 Å². The van der Waals surface area contributed by atoms with Gasteiger partial charge in [0.15, 0.2) is 5.11 Å². The highest BCUT2D eigenvalue weighted by atomic mass is 32.1. The zero-order valence-corrected chi connectivity index (χ0v) is 11.6. The number of thiocarbonyl (C=S) groups is 1. The van der Waals surface area contributed by atoms with E-state index in [2.05, 4.69) is 29.7 Å². The molecule has 2 nitrogen and oxygen atoms in total. The van der Waals surface area contributed by atoms with E-state index in [1.165, 1.54) is 32.1 Å². The number of nitrogens with one attached hydrogen (secondary N) is 2. The second kappa shape index (κ2) is 6.39. The maximum absolute atomic E-state index is 5.28. The van der Waals surface area contributed by atoms with Gasteiger partial charge in [0.2, 0.25) is 0 Å². The highest BCUT2D eigenvalue weighted by molar-refractivity contribution is 7.80. The van der Waals surface area contributed by atoms with Gasteiger partial charge in [-0.25, -0.2) is 0 Å². The first kappa shape index (κ1) is 12.9. The largest absolute Gasteiger partial charge is 0.363 e. The average Bonchev–Trinajstić information content (AvgIpc) is 2.38. The normalized spacial score (nSPS) is 30.3. The van der Waals surface area contributed by atoms with E-state index in [9.17, 15) is 0 Å². The van der Waals surface area contributed by atoms with E-state index in [1.54, 1.807) is 0 Å². The van der Waals surface area contributed by atoms with Crippen molar-refractivity contribution >= 4 is 17.3 Å². The van der Waals surface area contributed by atoms with Gasteiger partial charge in [-0.2, -0.15) is 0 Å². The van der Waals surface area contributed by atoms with Crippen molar-refractivity contribution in [1.82, 2.24) is 10.6 Å². The van der Waals surface area contributed by atoms with Crippen molar-refractivity contribution in [3.05, 3.63) is 12.2 Å². The molecule has 2 N–H and O–H groups in total. The molecular formula is C14H24N2S. The summed E-state index contributed by atoms with van der Waals surface area (Å²) in [7, 11) is 0. The predicted octanol–water partition coefficient (Wildman–Crippen LogP) is 2.85. The number of hydrogen-bond donors (Lipinski definition) is 2. The minimum absolute atomic E-state index is 0.796. The first-order valence-corrected chi connectivity index (χ1v) is 7.40. The molecule has 0 amide bonds. The van der Waals surface area contributed by atoms with Gasteiger partial charge in [-0.1, -0.05) is 25.5 Å². The van der Waals surface area contributed by atoms with Gasteiger partial charge in [0, 0.05) is 13.1 Å². The molecule has 0 spiro atoms. The van der Waals surface area contributed by atoms with E-state index in [-0.39, 0.29) is 0 Å². The third-order valence-corrected chi connectivity index (χ3v) is 4.34. The molecule has 0 aromatic carbocycles. The Morgan fingerprint density at radius 3 is 2.76 bits per heavy atom. The van der Waals surface area contributed by atoms with Gasteiger partial charge in [0.05, 0.1) is 0 Å². The Labute approximate surface area is 110 Å². The summed E-state index contributed by atoms with van der Waals surface area (Å²) in [6, 6.07) is 0. The lowest BCUT2D eigenvalue weighted by atomic mass is 9.69. The minimum Gasteiger partial charge on any atom is -0.363 e. The molecule has 0 aliphatic heterocycles. The summed E-state index contributed by atoms with van der Waals surface area (Å²) in [4.78, 5) is 0. The molecule has 1 fully saturated rings. The van der Waals surface area contributed by atoms with Crippen molar-refractivity contribution in [2.75, 3.05) is 13.1 Å². The molecule has 3 aliphatic carbocycles. The predicted molar refractivity (Wildman–Crippen MR) is 77.0 cm³/mol. The molecule has 3 aliphatic rings. The molecule has 3 atom stereocenters. The molecule has 3 rings (SSSR count). The fraction of sp³-hybridized carbons (Fsp3) is 0.786. The monoisotopic (exact) mass is 252 g/mol. The third kappa shape index (κ3) is 3.70. The van der Waals surface area contributed by atoms with Crippen LogP contribution < -0.4 is 10.6 Å². The molecule has 0 aromatic rings. The van der Waals surface area contributed by atoms with Gasteiger partial charge in [0.25, 0.3) is 0 Å².